The number of carbonyl (C=O) groups excluding carboxylic acids is 1. The van der Waals surface area contributed by atoms with Crippen LogP contribution in [0.1, 0.15) is 32.4 Å². The molecule has 1 aliphatic rings. The average molecular weight is 342 g/mol. The lowest BCUT2D eigenvalue weighted by molar-refractivity contribution is 0.0195. The Labute approximate surface area is 127 Å². The number of hydrogen-bond donors (Lipinski definition) is 1. The van der Waals surface area contributed by atoms with Gasteiger partial charge in [-0.05, 0) is 48.3 Å². The second kappa shape index (κ2) is 6.10. The molecular formula is C14H20BrN3O2. The van der Waals surface area contributed by atoms with E-state index in [4.69, 9.17) is 4.74 Å². The van der Waals surface area contributed by atoms with Crippen molar-refractivity contribution in [2.24, 2.45) is 0 Å². The van der Waals surface area contributed by atoms with E-state index in [1.54, 1.807) is 11.1 Å². The largest absolute Gasteiger partial charge is 0.444 e. The van der Waals surface area contributed by atoms with Crippen LogP contribution in [-0.2, 0) is 4.74 Å². The summed E-state index contributed by atoms with van der Waals surface area (Å²) in [6, 6.07) is 2.10. The van der Waals surface area contributed by atoms with Crippen molar-refractivity contribution in [3.8, 4) is 0 Å². The van der Waals surface area contributed by atoms with Crippen LogP contribution in [0.25, 0.3) is 0 Å². The zero-order chi connectivity index (χ0) is 14.8. The number of halogens is 1. The number of nitrogens with one attached hydrogen (secondary N) is 1. The Hall–Kier alpha value is -1.14. The third kappa shape index (κ3) is 4.18. The fourth-order valence-corrected chi connectivity index (χ4v) is 2.47. The molecule has 0 aromatic carbocycles. The fraction of sp³-hybridized carbons (Fsp3) is 0.571. The number of ether oxygens (including phenoxy) is 1. The molecule has 5 nitrogen and oxygen atoms in total. The Morgan fingerprint density at radius 1 is 1.50 bits per heavy atom. The number of amides is 1. The van der Waals surface area contributed by atoms with Crippen LogP contribution in [0.4, 0.5) is 4.79 Å². The van der Waals surface area contributed by atoms with Gasteiger partial charge in [0.2, 0.25) is 0 Å². The van der Waals surface area contributed by atoms with E-state index in [-0.39, 0.29) is 12.1 Å². The van der Waals surface area contributed by atoms with Crippen molar-refractivity contribution in [3.05, 3.63) is 28.5 Å². The lowest BCUT2D eigenvalue weighted by atomic mass is 10.1. The molecular weight excluding hydrogens is 322 g/mol. The molecule has 1 aliphatic heterocycles. The zero-order valence-electron chi connectivity index (χ0n) is 12.0. The van der Waals surface area contributed by atoms with Crippen LogP contribution in [-0.4, -0.2) is 41.2 Å². The minimum absolute atomic E-state index is 0.0845. The molecule has 110 valence electrons. The van der Waals surface area contributed by atoms with Crippen molar-refractivity contribution in [2.75, 3.05) is 19.6 Å². The molecule has 1 saturated heterocycles. The monoisotopic (exact) mass is 341 g/mol. The highest BCUT2D eigenvalue weighted by Crippen LogP contribution is 2.21. The number of aromatic nitrogens is 1. The van der Waals surface area contributed by atoms with Crippen molar-refractivity contribution in [1.29, 1.82) is 0 Å². The standard InChI is InChI=1S/C14H20BrN3O2/c1-14(2,3)20-13(19)18-5-4-17-12(9-18)10-6-11(15)8-16-7-10/h6-8,12,17H,4-5,9H2,1-3H3. The second-order valence-corrected chi connectivity index (χ2v) is 6.79. The van der Waals surface area contributed by atoms with Crippen molar-refractivity contribution in [1.82, 2.24) is 15.2 Å². The van der Waals surface area contributed by atoms with Crippen LogP contribution in [0, 0.1) is 0 Å². The van der Waals surface area contributed by atoms with Gasteiger partial charge in [0, 0.05) is 36.5 Å². The molecule has 0 aliphatic carbocycles. The highest BCUT2D eigenvalue weighted by atomic mass is 79.9. The van der Waals surface area contributed by atoms with E-state index < -0.39 is 5.60 Å². The summed E-state index contributed by atoms with van der Waals surface area (Å²) in [7, 11) is 0. The van der Waals surface area contributed by atoms with Gasteiger partial charge in [0.25, 0.3) is 0 Å². The molecule has 1 N–H and O–H groups in total. The third-order valence-electron chi connectivity index (χ3n) is 2.96. The normalized spacial score (nSPS) is 19.8. The number of carbonyl (C=O) groups is 1. The second-order valence-electron chi connectivity index (χ2n) is 5.87. The van der Waals surface area contributed by atoms with E-state index >= 15 is 0 Å². The van der Waals surface area contributed by atoms with Gasteiger partial charge in [0.15, 0.2) is 0 Å². The van der Waals surface area contributed by atoms with Crippen LogP contribution < -0.4 is 5.32 Å². The van der Waals surface area contributed by atoms with Gasteiger partial charge in [0.05, 0.1) is 6.04 Å². The first kappa shape index (κ1) is 15.3. The summed E-state index contributed by atoms with van der Waals surface area (Å²) in [4.78, 5) is 18.0. The lowest BCUT2D eigenvalue weighted by Gasteiger charge is -2.35. The van der Waals surface area contributed by atoms with E-state index in [9.17, 15) is 4.79 Å². The molecule has 0 spiro atoms. The maximum atomic E-state index is 12.1. The maximum Gasteiger partial charge on any atom is 0.410 e. The summed E-state index contributed by atoms with van der Waals surface area (Å²) in [6.07, 6.45) is 3.31. The minimum Gasteiger partial charge on any atom is -0.444 e. The van der Waals surface area contributed by atoms with Crippen LogP contribution in [0.3, 0.4) is 0 Å². The maximum absolute atomic E-state index is 12.1. The Morgan fingerprint density at radius 3 is 2.90 bits per heavy atom. The predicted molar refractivity (Wildman–Crippen MR) is 80.5 cm³/mol. The van der Waals surface area contributed by atoms with Gasteiger partial charge in [0.1, 0.15) is 5.60 Å². The molecule has 6 heteroatoms. The van der Waals surface area contributed by atoms with E-state index in [1.807, 2.05) is 33.0 Å². The predicted octanol–water partition coefficient (Wildman–Crippen LogP) is 2.73. The first-order valence-electron chi connectivity index (χ1n) is 6.67. The molecule has 1 aromatic heterocycles. The topological polar surface area (TPSA) is 54.5 Å². The van der Waals surface area contributed by atoms with E-state index in [2.05, 4.69) is 26.2 Å². The molecule has 1 fully saturated rings. The SMILES string of the molecule is CC(C)(C)OC(=O)N1CCNC(c2cncc(Br)c2)C1. The highest BCUT2D eigenvalue weighted by molar-refractivity contribution is 9.10. The van der Waals surface area contributed by atoms with Crippen LogP contribution in [0.5, 0.6) is 0 Å². The van der Waals surface area contributed by atoms with Crippen molar-refractivity contribution in [2.45, 2.75) is 32.4 Å². The van der Waals surface area contributed by atoms with E-state index in [0.717, 1.165) is 16.6 Å². The average Bonchev–Trinajstić information content (AvgIpc) is 2.37. The highest BCUT2D eigenvalue weighted by Gasteiger charge is 2.28. The molecule has 2 rings (SSSR count). The molecule has 1 aromatic rings. The van der Waals surface area contributed by atoms with Crippen molar-refractivity contribution < 1.29 is 9.53 Å². The number of nitrogens with zero attached hydrogens (tertiary/aromatic N) is 2. The molecule has 2 heterocycles. The summed E-state index contributed by atoms with van der Waals surface area (Å²) >= 11 is 3.42. The summed E-state index contributed by atoms with van der Waals surface area (Å²) in [6.45, 7) is 7.63. The summed E-state index contributed by atoms with van der Waals surface area (Å²) in [5.74, 6) is 0. The molecule has 0 saturated carbocycles. The minimum atomic E-state index is -0.464. The van der Waals surface area contributed by atoms with Crippen LogP contribution in [0.15, 0.2) is 22.9 Å². The van der Waals surface area contributed by atoms with E-state index in [0.29, 0.717) is 13.1 Å². The van der Waals surface area contributed by atoms with Gasteiger partial charge >= 0.3 is 6.09 Å². The lowest BCUT2D eigenvalue weighted by Crippen LogP contribution is -2.49. The van der Waals surface area contributed by atoms with Gasteiger partial charge in [-0.15, -0.1) is 0 Å². The van der Waals surface area contributed by atoms with Gasteiger partial charge < -0.3 is 15.0 Å². The van der Waals surface area contributed by atoms with Gasteiger partial charge in [-0.25, -0.2) is 4.79 Å². The zero-order valence-corrected chi connectivity index (χ0v) is 13.6. The molecule has 0 radical (unpaired) electrons. The Kier molecular flexibility index (Phi) is 4.65. The van der Waals surface area contributed by atoms with Gasteiger partial charge in [-0.1, -0.05) is 0 Å². The Morgan fingerprint density at radius 2 is 2.25 bits per heavy atom. The van der Waals surface area contributed by atoms with E-state index in [1.165, 1.54) is 0 Å². The summed E-state index contributed by atoms with van der Waals surface area (Å²) in [5.41, 5.74) is 0.599. The quantitative estimate of drug-likeness (QED) is 0.853. The summed E-state index contributed by atoms with van der Waals surface area (Å²) < 4.78 is 6.36. The van der Waals surface area contributed by atoms with Gasteiger partial charge in [-0.2, -0.15) is 0 Å². The first-order chi connectivity index (χ1) is 9.35. The number of pyridine rings is 1. The molecule has 1 unspecified atom stereocenters. The molecule has 20 heavy (non-hydrogen) atoms. The Balaban J connectivity index is 2.03. The smallest absolute Gasteiger partial charge is 0.410 e. The number of piperazine rings is 1. The molecule has 1 amide bonds. The van der Waals surface area contributed by atoms with Crippen LogP contribution >= 0.6 is 15.9 Å². The molecule has 1 atom stereocenters. The first-order valence-corrected chi connectivity index (χ1v) is 7.46. The van der Waals surface area contributed by atoms with Crippen LogP contribution in [0.2, 0.25) is 0 Å². The molecule has 0 bridgehead atoms. The fourth-order valence-electron chi connectivity index (χ4n) is 2.08. The van der Waals surface area contributed by atoms with Crippen molar-refractivity contribution in [3.63, 3.8) is 0 Å². The Bertz CT molecular complexity index is 488. The summed E-state index contributed by atoms with van der Waals surface area (Å²) in [5, 5.41) is 3.40. The number of hydrogen-bond acceptors (Lipinski definition) is 4. The third-order valence-corrected chi connectivity index (χ3v) is 3.39. The number of rotatable bonds is 1. The van der Waals surface area contributed by atoms with Crippen molar-refractivity contribution >= 4 is 22.0 Å². The van der Waals surface area contributed by atoms with Gasteiger partial charge in [-0.3, -0.25) is 4.98 Å².